The fraction of sp³-hybridized carbons (Fsp3) is 0.500. The fourth-order valence-electron chi connectivity index (χ4n) is 2.49. The van der Waals surface area contributed by atoms with Gasteiger partial charge in [0.2, 0.25) is 6.54 Å². The summed E-state index contributed by atoms with van der Waals surface area (Å²) in [6.07, 6.45) is -0.202. The molecule has 0 aliphatic rings. The molecule has 1 aromatic carbocycles. The summed E-state index contributed by atoms with van der Waals surface area (Å²) in [4.78, 5) is 33.5. The molecule has 22 heavy (non-hydrogen) atoms. The van der Waals surface area contributed by atoms with Gasteiger partial charge in [0.25, 0.3) is 0 Å². The van der Waals surface area contributed by atoms with Gasteiger partial charge >= 0.3 is 11.5 Å². The molecule has 0 amide bonds. The van der Waals surface area contributed by atoms with Crippen LogP contribution < -0.4 is 0 Å². The van der Waals surface area contributed by atoms with Gasteiger partial charge in [0, 0.05) is 16.3 Å². The largest absolute Gasteiger partial charge is 0.461 e. The van der Waals surface area contributed by atoms with Gasteiger partial charge in [-0.05, 0) is 12.5 Å². The lowest BCUT2D eigenvalue weighted by Crippen LogP contribution is -2.53. The first-order chi connectivity index (χ1) is 10.4. The fourth-order valence-corrected chi connectivity index (χ4v) is 2.49. The van der Waals surface area contributed by atoms with Crippen LogP contribution in [-0.2, 0) is 9.53 Å². The van der Waals surface area contributed by atoms with E-state index in [2.05, 4.69) is 0 Å². The van der Waals surface area contributed by atoms with Gasteiger partial charge < -0.3 is 4.74 Å². The predicted molar refractivity (Wildman–Crippen MR) is 77.7 cm³/mol. The highest BCUT2D eigenvalue weighted by Gasteiger charge is 2.60. The zero-order valence-electron chi connectivity index (χ0n) is 12.4. The Morgan fingerprint density at radius 1 is 1.23 bits per heavy atom. The predicted octanol–water partition coefficient (Wildman–Crippen LogP) is 2.04. The number of carbonyl (C=O) groups excluding carboxylic acids is 1. The third-order valence-corrected chi connectivity index (χ3v) is 3.60. The Morgan fingerprint density at radius 3 is 2.23 bits per heavy atom. The van der Waals surface area contributed by atoms with Crippen LogP contribution in [0.5, 0.6) is 0 Å². The molecule has 0 bridgehead atoms. The summed E-state index contributed by atoms with van der Waals surface area (Å²) >= 11 is 0. The maximum Gasteiger partial charge on any atom is 0.385 e. The average Bonchev–Trinajstić information content (AvgIpc) is 2.48. The highest BCUT2D eigenvalue weighted by atomic mass is 16.6. The van der Waals surface area contributed by atoms with E-state index in [1.165, 1.54) is 13.8 Å². The summed E-state index contributed by atoms with van der Waals surface area (Å²) in [5.41, 5.74) is -1.81. The topological polar surface area (TPSA) is 113 Å². The molecular formula is C14H18N2O6. The van der Waals surface area contributed by atoms with Crippen molar-refractivity contribution in [2.75, 3.05) is 13.2 Å². The van der Waals surface area contributed by atoms with Crippen molar-refractivity contribution in [2.24, 2.45) is 0 Å². The first-order valence-corrected chi connectivity index (χ1v) is 6.88. The van der Waals surface area contributed by atoms with Crippen LogP contribution in [0.1, 0.15) is 31.7 Å². The average molecular weight is 310 g/mol. The van der Waals surface area contributed by atoms with Gasteiger partial charge in [0.1, 0.15) is 5.92 Å². The molecule has 8 heteroatoms. The van der Waals surface area contributed by atoms with E-state index in [1.807, 2.05) is 0 Å². The van der Waals surface area contributed by atoms with Gasteiger partial charge in [-0.2, -0.15) is 0 Å². The Balaban J connectivity index is 3.45. The third-order valence-electron chi connectivity index (χ3n) is 3.60. The Hall–Kier alpha value is -2.51. The second-order valence-electron chi connectivity index (χ2n) is 4.73. The molecule has 0 aromatic heterocycles. The van der Waals surface area contributed by atoms with Crippen LogP contribution in [0.2, 0.25) is 0 Å². The van der Waals surface area contributed by atoms with E-state index in [9.17, 15) is 25.0 Å². The highest BCUT2D eigenvalue weighted by Crippen LogP contribution is 2.35. The third kappa shape index (κ3) is 3.38. The molecule has 2 atom stereocenters. The number of hydrogen-bond donors (Lipinski definition) is 0. The Bertz CT molecular complexity index is 548. The molecule has 0 unspecified atom stereocenters. The quantitative estimate of drug-likeness (QED) is 0.412. The number of ether oxygens (including phenoxy) is 1. The van der Waals surface area contributed by atoms with Crippen molar-refractivity contribution >= 4 is 5.97 Å². The van der Waals surface area contributed by atoms with Crippen molar-refractivity contribution in [3.05, 3.63) is 56.1 Å². The zero-order valence-corrected chi connectivity index (χ0v) is 12.4. The van der Waals surface area contributed by atoms with E-state index in [1.54, 1.807) is 30.3 Å². The maximum absolute atomic E-state index is 12.2. The second kappa shape index (κ2) is 7.48. The molecule has 0 saturated carbocycles. The second-order valence-corrected chi connectivity index (χ2v) is 4.73. The number of hydrogen-bond acceptors (Lipinski definition) is 6. The normalized spacial score (nSPS) is 14.6. The molecule has 120 valence electrons. The van der Waals surface area contributed by atoms with Crippen LogP contribution >= 0.6 is 0 Å². The first-order valence-electron chi connectivity index (χ1n) is 6.88. The van der Waals surface area contributed by atoms with Crippen LogP contribution in [0.3, 0.4) is 0 Å². The Kier molecular flexibility index (Phi) is 5.97. The summed E-state index contributed by atoms with van der Waals surface area (Å²) in [5.74, 6) is -2.25. The standard InChI is InChI=1S/C14H18N2O6/c1-3-14(16(20)21,13(17)22-4-2)12(10-15(18)19)11-8-6-5-7-9-11/h5-9,12H,3-4,10H2,1-2H3/t12-,14+/m1/s1. The SMILES string of the molecule is CCOC(=O)[C@](CC)([C@H](C[N+](=O)[O-])c1ccccc1)[N+](=O)[O-]. The molecular weight excluding hydrogens is 292 g/mol. The summed E-state index contributed by atoms with van der Waals surface area (Å²) in [6.45, 7) is 2.23. The molecule has 0 N–H and O–H groups in total. The summed E-state index contributed by atoms with van der Waals surface area (Å²) in [5, 5.41) is 22.6. The Labute approximate surface area is 127 Å². The van der Waals surface area contributed by atoms with Crippen LogP contribution in [0.25, 0.3) is 0 Å². The molecule has 0 heterocycles. The van der Waals surface area contributed by atoms with Crippen LogP contribution in [0, 0.1) is 20.2 Å². The Morgan fingerprint density at radius 2 is 1.82 bits per heavy atom. The van der Waals surface area contributed by atoms with Crippen molar-refractivity contribution in [1.82, 2.24) is 0 Å². The molecule has 0 radical (unpaired) electrons. The number of esters is 1. The summed E-state index contributed by atoms with van der Waals surface area (Å²) < 4.78 is 4.84. The maximum atomic E-state index is 12.2. The van der Waals surface area contributed by atoms with E-state index >= 15 is 0 Å². The van der Waals surface area contributed by atoms with E-state index < -0.39 is 33.8 Å². The summed E-state index contributed by atoms with van der Waals surface area (Å²) in [7, 11) is 0. The van der Waals surface area contributed by atoms with Gasteiger partial charge in [0.15, 0.2) is 0 Å². The van der Waals surface area contributed by atoms with Gasteiger partial charge in [-0.25, -0.2) is 4.79 Å². The lowest BCUT2D eigenvalue weighted by Gasteiger charge is -2.28. The first kappa shape index (κ1) is 17.5. The van der Waals surface area contributed by atoms with E-state index in [-0.39, 0.29) is 13.0 Å². The van der Waals surface area contributed by atoms with Crippen molar-refractivity contribution in [1.29, 1.82) is 0 Å². The van der Waals surface area contributed by atoms with Crippen LogP contribution in [-0.4, -0.2) is 34.5 Å². The molecule has 1 rings (SSSR count). The molecule has 0 saturated heterocycles. The number of carbonyl (C=O) groups is 1. The van der Waals surface area contributed by atoms with Gasteiger partial charge in [-0.1, -0.05) is 37.3 Å². The minimum atomic E-state index is -2.18. The minimum Gasteiger partial charge on any atom is -0.461 e. The number of nitro groups is 2. The van der Waals surface area contributed by atoms with Gasteiger partial charge in [-0.3, -0.25) is 20.2 Å². The molecule has 0 spiro atoms. The smallest absolute Gasteiger partial charge is 0.385 e. The molecule has 0 fully saturated rings. The summed E-state index contributed by atoms with van der Waals surface area (Å²) in [6, 6.07) is 8.01. The van der Waals surface area contributed by atoms with Crippen molar-refractivity contribution in [3.63, 3.8) is 0 Å². The monoisotopic (exact) mass is 310 g/mol. The van der Waals surface area contributed by atoms with Crippen LogP contribution in [0.4, 0.5) is 0 Å². The molecule has 1 aromatic rings. The van der Waals surface area contributed by atoms with Gasteiger partial charge in [0.05, 0.1) is 6.61 Å². The lowest BCUT2D eigenvalue weighted by molar-refractivity contribution is -0.575. The van der Waals surface area contributed by atoms with E-state index in [0.717, 1.165) is 0 Å². The van der Waals surface area contributed by atoms with E-state index in [0.29, 0.717) is 5.56 Å². The van der Waals surface area contributed by atoms with E-state index in [4.69, 9.17) is 4.74 Å². The van der Waals surface area contributed by atoms with Crippen molar-refractivity contribution in [2.45, 2.75) is 31.7 Å². The van der Waals surface area contributed by atoms with Crippen molar-refractivity contribution < 1.29 is 19.4 Å². The van der Waals surface area contributed by atoms with Gasteiger partial charge in [-0.15, -0.1) is 0 Å². The number of rotatable bonds is 8. The number of benzene rings is 1. The van der Waals surface area contributed by atoms with Crippen LogP contribution in [0.15, 0.2) is 30.3 Å². The van der Waals surface area contributed by atoms with Crippen molar-refractivity contribution in [3.8, 4) is 0 Å². The molecule has 0 aliphatic carbocycles. The highest BCUT2D eigenvalue weighted by molar-refractivity contribution is 5.80. The number of nitrogens with zero attached hydrogens (tertiary/aromatic N) is 2. The zero-order chi connectivity index (χ0) is 16.8. The molecule has 8 nitrogen and oxygen atoms in total. The molecule has 0 aliphatic heterocycles. The minimum absolute atomic E-state index is 0.0333. The lowest BCUT2D eigenvalue weighted by atomic mass is 9.77.